The number of hydrogen-bond acceptors (Lipinski definition) is 3. The molecule has 0 aliphatic carbocycles. The van der Waals surface area contributed by atoms with Crippen LogP contribution in [-0.4, -0.2) is 31.8 Å². The molecule has 0 amide bonds. The maximum absolute atomic E-state index is 7.28. The average molecular weight is 186 g/mol. The molecule has 0 saturated carbocycles. The Kier molecular flexibility index (Phi) is 3.69. The second kappa shape index (κ2) is 4.58. The first-order chi connectivity index (χ1) is 6.18. The van der Waals surface area contributed by atoms with E-state index in [0.29, 0.717) is 13.0 Å². The van der Waals surface area contributed by atoms with Gasteiger partial charge in [0.2, 0.25) is 0 Å². The van der Waals surface area contributed by atoms with Crippen molar-refractivity contribution in [3.05, 3.63) is 0 Å². The Bertz CT molecular complexity index is 171. The van der Waals surface area contributed by atoms with Gasteiger partial charge in [-0.1, -0.05) is 0 Å². The van der Waals surface area contributed by atoms with Crippen LogP contribution in [0.4, 0.5) is 0 Å². The quantitative estimate of drug-likeness (QED) is 0.506. The van der Waals surface area contributed by atoms with E-state index in [9.17, 15) is 0 Å². The van der Waals surface area contributed by atoms with Crippen LogP contribution < -0.4 is 5.73 Å². The van der Waals surface area contributed by atoms with Crippen molar-refractivity contribution in [1.29, 1.82) is 5.41 Å². The molecule has 0 bridgehead atoms. The summed E-state index contributed by atoms with van der Waals surface area (Å²) >= 11 is 0. The minimum Gasteiger partial charge on any atom is -0.388 e. The lowest BCUT2D eigenvalue weighted by Crippen LogP contribution is -2.43. The molecule has 1 aliphatic heterocycles. The summed E-state index contributed by atoms with van der Waals surface area (Å²) in [5.74, 6) is 0.180. The third kappa shape index (κ3) is 2.97. The van der Waals surface area contributed by atoms with Crippen molar-refractivity contribution in [2.24, 2.45) is 5.73 Å². The Balaban J connectivity index is 2.55. The molecule has 13 heavy (non-hydrogen) atoms. The molecular formula is C9H18N2O2. The first kappa shape index (κ1) is 10.5. The van der Waals surface area contributed by atoms with Crippen LogP contribution in [0.2, 0.25) is 0 Å². The molecule has 1 saturated heterocycles. The van der Waals surface area contributed by atoms with Crippen LogP contribution in [0.25, 0.3) is 0 Å². The van der Waals surface area contributed by atoms with Gasteiger partial charge in [0.1, 0.15) is 0 Å². The van der Waals surface area contributed by atoms with Gasteiger partial charge in [0.15, 0.2) is 0 Å². The van der Waals surface area contributed by atoms with Crippen LogP contribution in [-0.2, 0) is 9.47 Å². The van der Waals surface area contributed by atoms with Gasteiger partial charge in [0.25, 0.3) is 0 Å². The fourth-order valence-corrected chi connectivity index (χ4v) is 1.82. The summed E-state index contributed by atoms with van der Waals surface area (Å²) in [6.07, 6.45) is 3.67. The zero-order chi connectivity index (χ0) is 9.73. The zero-order valence-corrected chi connectivity index (χ0v) is 8.14. The second-order valence-corrected chi connectivity index (χ2v) is 3.62. The molecule has 76 valence electrons. The lowest BCUT2D eigenvalue weighted by molar-refractivity contribution is -0.111. The molecule has 0 spiro atoms. The van der Waals surface area contributed by atoms with Gasteiger partial charge in [-0.3, -0.25) is 5.41 Å². The smallest absolute Gasteiger partial charge is 0.0984 e. The summed E-state index contributed by atoms with van der Waals surface area (Å²) in [7, 11) is 1.65. The Morgan fingerprint density at radius 2 is 2.38 bits per heavy atom. The van der Waals surface area contributed by atoms with Gasteiger partial charge in [-0.2, -0.15) is 0 Å². The van der Waals surface area contributed by atoms with Crippen molar-refractivity contribution in [3.8, 4) is 0 Å². The molecule has 1 heterocycles. The maximum atomic E-state index is 7.28. The second-order valence-electron chi connectivity index (χ2n) is 3.62. The van der Waals surface area contributed by atoms with E-state index >= 15 is 0 Å². The van der Waals surface area contributed by atoms with Gasteiger partial charge in [-0.25, -0.2) is 0 Å². The van der Waals surface area contributed by atoms with E-state index in [2.05, 4.69) is 0 Å². The molecule has 0 aromatic rings. The summed E-state index contributed by atoms with van der Waals surface area (Å²) in [4.78, 5) is 0. The van der Waals surface area contributed by atoms with Crippen molar-refractivity contribution in [2.75, 3.05) is 20.3 Å². The van der Waals surface area contributed by atoms with Gasteiger partial charge in [0.05, 0.1) is 18.0 Å². The molecule has 1 fully saturated rings. The van der Waals surface area contributed by atoms with E-state index < -0.39 is 0 Å². The lowest BCUT2D eigenvalue weighted by Gasteiger charge is -2.36. The van der Waals surface area contributed by atoms with Crippen molar-refractivity contribution < 1.29 is 9.47 Å². The molecule has 0 aromatic heterocycles. The van der Waals surface area contributed by atoms with E-state index in [1.54, 1.807) is 7.11 Å². The summed E-state index contributed by atoms with van der Waals surface area (Å²) in [6, 6.07) is 0. The van der Waals surface area contributed by atoms with E-state index in [-0.39, 0.29) is 11.4 Å². The molecule has 1 aliphatic rings. The van der Waals surface area contributed by atoms with Gasteiger partial charge < -0.3 is 15.2 Å². The lowest BCUT2D eigenvalue weighted by atomic mass is 9.91. The monoisotopic (exact) mass is 186 g/mol. The average Bonchev–Trinajstić information content (AvgIpc) is 2.04. The maximum Gasteiger partial charge on any atom is 0.0984 e. The highest BCUT2D eigenvalue weighted by molar-refractivity contribution is 5.78. The van der Waals surface area contributed by atoms with Gasteiger partial charge >= 0.3 is 0 Å². The van der Waals surface area contributed by atoms with Gasteiger partial charge in [0, 0.05) is 20.1 Å². The van der Waals surface area contributed by atoms with E-state index in [0.717, 1.165) is 25.9 Å². The Labute approximate surface area is 78.9 Å². The van der Waals surface area contributed by atoms with Crippen molar-refractivity contribution in [2.45, 2.75) is 31.3 Å². The summed E-state index contributed by atoms with van der Waals surface area (Å²) in [5.41, 5.74) is 5.07. The Morgan fingerprint density at radius 3 is 2.85 bits per heavy atom. The molecule has 0 radical (unpaired) electrons. The summed E-state index contributed by atoms with van der Waals surface area (Å²) in [5, 5.41) is 7.28. The minimum absolute atomic E-state index is 0.180. The van der Waals surface area contributed by atoms with Gasteiger partial charge in [-0.15, -0.1) is 0 Å². The molecule has 4 nitrogen and oxygen atoms in total. The van der Waals surface area contributed by atoms with E-state index in [4.69, 9.17) is 20.6 Å². The van der Waals surface area contributed by atoms with Crippen LogP contribution in [0.5, 0.6) is 0 Å². The van der Waals surface area contributed by atoms with Crippen LogP contribution in [0.1, 0.15) is 25.7 Å². The number of methoxy groups -OCH3 is 1. The van der Waals surface area contributed by atoms with Crippen molar-refractivity contribution >= 4 is 5.84 Å². The van der Waals surface area contributed by atoms with Crippen molar-refractivity contribution in [1.82, 2.24) is 0 Å². The summed E-state index contributed by atoms with van der Waals surface area (Å²) < 4.78 is 10.8. The fraction of sp³-hybridized carbons (Fsp3) is 0.889. The predicted octanol–water partition coefficient (Wildman–Crippen LogP) is 0.898. The first-order valence-corrected chi connectivity index (χ1v) is 4.64. The SMILES string of the molecule is COCC1(CC(=N)N)CCCCO1. The highest BCUT2D eigenvalue weighted by Gasteiger charge is 2.33. The van der Waals surface area contributed by atoms with E-state index in [1.165, 1.54) is 0 Å². The number of nitrogens with two attached hydrogens (primary N) is 1. The topological polar surface area (TPSA) is 68.3 Å². The fourth-order valence-electron chi connectivity index (χ4n) is 1.82. The van der Waals surface area contributed by atoms with Crippen LogP contribution in [0, 0.1) is 5.41 Å². The highest BCUT2D eigenvalue weighted by Crippen LogP contribution is 2.28. The number of hydrogen-bond donors (Lipinski definition) is 2. The number of nitrogens with one attached hydrogen (secondary N) is 1. The van der Waals surface area contributed by atoms with Crippen LogP contribution in [0.15, 0.2) is 0 Å². The predicted molar refractivity (Wildman–Crippen MR) is 50.9 cm³/mol. The van der Waals surface area contributed by atoms with E-state index in [1.807, 2.05) is 0 Å². The third-order valence-corrected chi connectivity index (χ3v) is 2.35. The van der Waals surface area contributed by atoms with Crippen LogP contribution >= 0.6 is 0 Å². The number of rotatable bonds is 4. The van der Waals surface area contributed by atoms with Crippen molar-refractivity contribution in [3.63, 3.8) is 0 Å². The standard InChI is InChI=1S/C9H18N2O2/c1-12-7-9(6-8(10)11)4-2-3-5-13-9/h2-7H2,1H3,(H3,10,11). The molecule has 0 aromatic carbocycles. The molecule has 3 N–H and O–H groups in total. The minimum atomic E-state index is -0.321. The number of ether oxygens (including phenoxy) is 2. The van der Waals surface area contributed by atoms with Gasteiger partial charge in [-0.05, 0) is 19.3 Å². The normalized spacial score (nSPS) is 28.7. The third-order valence-electron chi connectivity index (χ3n) is 2.35. The highest BCUT2D eigenvalue weighted by atomic mass is 16.5. The molecule has 1 atom stereocenters. The molecule has 1 unspecified atom stereocenters. The molecule has 1 rings (SSSR count). The molecular weight excluding hydrogens is 168 g/mol. The summed E-state index contributed by atoms with van der Waals surface area (Å²) in [6.45, 7) is 1.29. The van der Waals surface area contributed by atoms with Crippen LogP contribution in [0.3, 0.4) is 0 Å². The first-order valence-electron chi connectivity index (χ1n) is 4.64. The Hall–Kier alpha value is -0.610. The Morgan fingerprint density at radius 1 is 1.62 bits per heavy atom. The largest absolute Gasteiger partial charge is 0.388 e. The molecule has 4 heteroatoms. The number of amidine groups is 1. The zero-order valence-electron chi connectivity index (χ0n) is 8.14.